The predicted octanol–water partition coefficient (Wildman–Crippen LogP) is 2.82. The zero-order chi connectivity index (χ0) is 8.67. The van der Waals surface area contributed by atoms with Crippen LogP contribution in [0, 0.1) is 5.92 Å². The Morgan fingerprint density at radius 1 is 1.15 bits per heavy atom. The molecule has 2 aliphatic rings. The van der Waals surface area contributed by atoms with Crippen molar-refractivity contribution in [2.75, 3.05) is 5.32 Å². The van der Waals surface area contributed by atoms with Crippen LogP contribution in [0.25, 0.3) is 0 Å². The lowest BCUT2D eigenvalue weighted by atomic mass is 9.89. The van der Waals surface area contributed by atoms with Gasteiger partial charge in [-0.2, -0.15) is 0 Å². The number of para-hydroxylation sites is 1. The molecule has 13 heavy (non-hydrogen) atoms. The standard InChI is InChI=1S/C12H15N/c1-2-6-11-9(4-1)8-10-5-3-7-12(10)13-11/h1-2,4,6,10,12-13H,3,5,7-8H2/t10-,12-/m0/s1. The Bertz CT molecular complexity index is 288. The Morgan fingerprint density at radius 2 is 2.08 bits per heavy atom. The summed E-state index contributed by atoms with van der Waals surface area (Å²) in [4.78, 5) is 0. The molecular formula is C12H15N. The average Bonchev–Trinajstić information content (AvgIpc) is 2.61. The molecule has 0 amide bonds. The molecule has 1 aromatic rings. The second-order valence-electron chi connectivity index (χ2n) is 4.30. The summed E-state index contributed by atoms with van der Waals surface area (Å²) in [5.41, 5.74) is 2.90. The SMILES string of the molecule is c1ccc2c(c1)C[C@@H]1CCC[C@@H]1N2. The van der Waals surface area contributed by atoms with Crippen LogP contribution in [0.3, 0.4) is 0 Å². The highest BCUT2D eigenvalue weighted by molar-refractivity contribution is 5.54. The molecule has 0 unspecified atom stereocenters. The van der Waals surface area contributed by atoms with Gasteiger partial charge in [-0.1, -0.05) is 24.6 Å². The third-order valence-corrected chi connectivity index (χ3v) is 3.50. The van der Waals surface area contributed by atoms with Crippen molar-refractivity contribution in [3.63, 3.8) is 0 Å². The van der Waals surface area contributed by atoms with Gasteiger partial charge in [-0.25, -0.2) is 0 Å². The summed E-state index contributed by atoms with van der Waals surface area (Å²) in [6.45, 7) is 0. The molecule has 0 aromatic heterocycles. The molecule has 1 aromatic carbocycles. The number of benzene rings is 1. The minimum atomic E-state index is 0.773. The van der Waals surface area contributed by atoms with E-state index in [2.05, 4.69) is 29.6 Å². The van der Waals surface area contributed by atoms with Crippen molar-refractivity contribution in [3.8, 4) is 0 Å². The molecule has 1 fully saturated rings. The molecule has 1 aliphatic carbocycles. The van der Waals surface area contributed by atoms with Crippen molar-refractivity contribution in [1.82, 2.24) is 0 Å². The van der Waals surface area contributed by atoms with Crippen LogP contribution in [0.1, 0.15) is 24.8 Å². The van der Waals surface area contributed by atoms with Gasteiger partial charge in [0.25, 0.3) is 0 Å². The van der Waals surface area contributed by atoms with Crippen molar-refractivity contribution in [1.29, 1.82) is 0 Å². The van der Waals surface area contributed by atoms with Crippen molar-refractivity contribution in [2.24, 2.45) is 5.92 Å². The zero-order valence-electron chi connectivity index (χ0n) is 7.79. The molecule has 1 nitrogen and oxygen atoms in total. The van der Waals surface area contributed by atoms with E-state index in [0.717, 1.165) is 12.0 Å². The van der Waals surface area contributed by atoms with E-state index >= 15 is 0 Å². The summed E-state index contributed by atoms with van der Waals surface area (Å²) in [6, 6.07) is 9.52. The first kappa shape index (κ1) is 7.43. The summed E-state index contributed by atoms with van der Waals surface area (Å²) < 4.78 is 0. The van der Waals surface area contributed by atoms with Gasteiger partial charge in [-0.15, -0.1) is 0 Å². The maximum absolute atomic E-state index is 3.66. The fourth-order valence-corrected chi connectivity index (χ4v) is 2.79. The van der Waals surface area contributed by atoms with Gasteiger partial charge >= 0.3 is 0 Å². The molecule has 1 heterocycles. The predicted molar refractivity (Wildman–Crippen MR) is 54.9 cm³/mol. The van der Waals surface area contributed by atoms with Crippen LogP contribution >= 0.6 is 0 Å². The van der Waals surface area contributed by atoms with E-state index in [1.54, 1.807) is 0 Å². The Kier molecular flexibility index (Phi) is 1.58. The summed E-state index contributed by atoms with van der Waals surface area (Å²) in [5, 5.41) is 3.66. The van der Waals surface area contributed by atoms with Crippen molar-refractivity contribution >= 4 is 5.69 Å². The van der Waals surface area contributed by atoms with Crippen LogP contribution in [-0.2, 0) is 6.42 Å². The summed E-state index contributed by atoms with van der Waals surface area (Å²) in [7, 11) is 0. The van der Waals surface area contributed by atoms with Gasteiger partial charge in [0.05, 0.1) is 0 Å². The van der Waals surface area contributed by atoms with E-state index < -0.39 is 0 Å². The molecule has 0 radical (unpaired) electrons. The molecule has 1 heteroatoms. The van der Waals surface area contributed by atoms with E-state index in [9.17, 15) is 0 Å². The normalized spacial score (nSPS) is 30.5. The number of hydrogen-bond acceptors (Lipinski definition) is 1. The summed E-state index contributed by atoms with van der Waals surface area (Å²) in [6.07, 6.45) is 5.51. The highest BCUT2D eigenvalue weighted by Gasteiger charge is 2.31. The van der Waals surface area contributed by atoms with E-state index in [1.165, 1.54) is 36.9 Å². The summed E-state index contributed by atoms with van der Waals surface area (Å²) in [5.74, 6) is 0.912. The highest BCUT2D eigenvalue weighted by Crippen LogP contribution is 2.37. The lowest BCUT2D eigenvalue weighted by molar-refractivity contribution is 0.487. The molecule has 1 saturated carbocycles. The Balaban J connectivity index is 1.97. The molecule has 1 N–H and O–H groups in total. The van der Waals surface area contributed by atoms with Gasteiger partial charge in [0, 0.05) is 11.7 Å². The lowest BCUT2D eigenvalue weighted by Crippen LogP contribution is -2.30. The Labute approximate surface area is 79.2 Å². The van der Waals surface area contributed by atoms with Crippen LogP contribution < -0.4 is 5.32 Å². The van der Waals surface area contributed by atoms with Gasteiger partial charge in [-0.3, -0.25) is 0 Å². The van der Waals surface area contributed by atoms with Crippen molar-refractivity contribution in [3.05, 3.63) is 29.8 Å². The Morgan fingerprint density at radius 3 is 3.08 bits per heavy atom. The van der Waals surface area contributed by atoms with Crippen LogP contribution in [0.4, 0.5) is 5.69 Å². The molecule has 68 valence electrons. The number of anilines is 1. The largest absolute Gasteiger partial charge is 0.382 e. The quantitative estimate of drug-likeness (QED) is 0.636. The fourth-order valence-electron chi connectivity index (χ4n) is 2.79. The zero-order valence-corrected chi connectivity index (χ0v) is 7.79. The maximum atomic E-state index is 3.66. The maximum Gasteiger partial charge on any atom is 0.0375 e. The number of hydrogen-bond donors (Lipinski definition) is 1. The minimum Gasteiger partial charge on any atom is -0.382 e. The fraction of sp³-hybridized carbons (Fsp3) is 0.500. The molecule has 0 spiro atoms. The highest BCUT2D eigenvalue weighted by atomic mass is 14.9. The van der Waals surface area contributed by atoms with Gasteiger partial charge in [-0.05, 0) is 36.8 Å². The second kappa shape index (κ2) is 2.76. The topological polar surface area (TPSA) is 12.0 Å². The molecule has 3 rings (SSSR count). The van der Waals surface area contributed by atoms with Crippen LogP contribution in [0.15, 0.2) is 24.3 Å². The molecule has 1 aliphatic heterocycles. The van der Waals surface area contributed by atoms with E-state index in [4.69, 9.17) is 0 Å². The van der Waals surface area contributed by atoms with Gasteiger partial charge in [0.15, 0.2) is 0 Å². The summed E-state index contributed by atoms with van der Waals surface area (Å²) >= 11 is 0. The molecule has 0 saturated heterocycles. The minimum absolute atomic E-state index is 0.773. The monoisotopic (exact) mass is 173 g/mol. The second-order valence-corrected chi connectivity index (χ2v) is 4.30. The van der Waals surface area contributed by atoms with E-state index in [1.807, 2.05) is 0 Å². The van der Waals surface area contributed by atoms with Crippen LogP contribution in [0.5, 0.6) is 0 Å². The van der Waals surface area contributed by atoms with Crippen molar-refractivity contribution in [2.45, 2.75) is 31.7 Å². The van der Waals surface area contributed by atoms with Crippen LogP contribution in [-0.4, -0.2) is 6.04 Å². The molecule has 2 atom stereocenters. The lowest BCUT2D eigenvalue weighted by Gasteiger charge is -2.29. The van der Waals surface area contributed by atoms with E-state index in [-0.39, 0.29) is 0 Å². The molecule has 0 bridgehead atoms. The first-order valence-electron chi connectivity index (χ1n) is 5.28. The van der Waals surface area contributed by atoms with Gasteiger partial charge < -0.3 is 5.32 Å². The number of rotatable bonds is 0. The van der Waals surface area contributed by atoms with Crippen LogP contribution in [0.2, 0.25) is 0 Å². The molecular weight excluding hydrogens is 158 g/mol. The van der Waals surface area contributed by atoms with E-state index in [0.29, 0.717) is 0 Å². The average molecular weight is 173 g/mol. The smallest absolute Gasteiger partial charge is 0.0375 e. The number of fused-ring (bicyclic) bond motifs is 2. The first-order chi connectivity index (χ1) is 6.43. The third kappa shape index (κ3) is 1.14. The Hall–Kier alpha value is -0.980. The first-order valence-corrected chi connectivity index (χ1v) is 5.28. The van der Waals surface area contributed by atoms with Gasteiger partial charge in [0.1, 0.15) is 0 Å². The number of nitrogens with one attached hydrogen (secondary N) is 1. The van der Waals surface area contributed by atoms with Crippen molar-refractivity contribution < 1.29 is 0 Å². The third-order valence-electron chi connectivity index (χ3n) is 3.50. The van der Waals surface area contributed by atoms with Gasteiger partial charge in [0.2, 0.25) is 0 Å².